The van der Waals surface area contributed by atoms with Crippen LogP contribution in [0.15, 0.2) is 18.2 Å². The minimum absolute atomic E-state index is 0.0150. The zero-order valence-corrected chi connectivity index (χ0v) is 13.5. The van der Waals surface area contributed by atoms with Crippen molar-refractivity contribution in [3.63, 3.8) is 0 Å². The molecule has 0 aromatic heterocycles. The number of carbonyl (C=O) groups is 2. The second-order valence-corrected chi connectivity index (χ2v) is 5.53. The Morgan fingerprint density at radius 2 is 1.90 bits per heavy atom. The number of amides is 1. The number of aliphatic carboxylic acids is 1. The molecule has 4 nitrogen and oxygen atoms in total. The smallest absolute Gasteiger partial charge is 0.305 e. The van der Waals surface area contributed by atoms with Crippen LogP contribution in [0.25, 0.3) is 0 Å². The average Bonchev–Trinajstić information content (AvgIpc) is 2.43. The van der Waals surface area contributed by atoms with Crippen molar-refractivity contribution in [1.82, 2.24) is 4.90 Å². The number of carbonyl (C=O) groups excluding carboxylic acids is 1. The van der Waals surface area contributed by atoms with E-state index in [1.165, 1.54) is 0 Å². The van der Waals surface area contributed by atoms with E-state index in [4.69, 9.17) is 28.3 Å². The van der Waals surface area contributed by atoms with Gasteiger partial charge in [-0.15, -0.1) is 0 Å². The van der Waals surface area contributed by atoms with E-state index >= 15 is 0 Å². The summed E-state index contributed by atoms with van der Waals surface area (Å²) in [4.78, 5) is 24.1. The van der Waals surface area contributed by atoms with E-state index in [-0.39, 0.29) is 18.9 Å². The van der Waals surface area contributed by atoms with Gasteiger partial charge in [-0.05, 0) is 37.5 Å². The second kappa shape index (κ2) is 8.90. The first kappa shape index (κ1) is 17.8. The highest BCUT2D eigenvalue weighted by molar-refractivity contribution is 6.42. The van der Waals surface area contributed by atoms with Crippen molar-refractivity contribution < 1.29 is 14.7 Å². The van der Waals surface area contributed by atoms with Gasteiger partial charge >= 0.3 is 5.97 Å². The summed E-state index contributed by atoms with van der Waals surface area (Å²) in [6.07, 6.45) is 1.81. The Hall–Kier alpha value is -1.26. The molecule has 1 N–H and O–H groups in total. The van der Waals surface area contributed by atoms with Gasteiger partial charge in [-0.25, -0.2) is 0 Å². The van der Waals surface area contributed by atoms with Gasteiger partial charge in [0.25, 0.3) is 0 Å². The van der Waals surface area contributed by atoms with Crippen molar-refractivity contribution in [2.24, 2.45) is 0 Å². The third kappa shape index (κ3) is 6.36. The van der Waals surface area contributed by atoms with E-state index in [0.29, 0.717) is 29.4 Å². The molecule has 0 heterocycles. The number of benzene rings is 1. The van der Waals surface area contributed by atoms with Crippen LogP contribution in [-0.4, -0.2) is 35.0 Å². The Morgan fingerprint density at radius 3 is 2.48 bits per heavy atom. The lowest BCUT2D eigenvalue weighted by molar-refractivity contribution is -0.138. The molecule has 0 aliphatic heterocycles. The van der Waals surface area contributed by atoms with Gasteiger partial charge in [0.1, 0.15) is 0 Å². The first-order valence-electron chi connectivity index (χ1n) is 6.87. The Bertz CT molecular complexity index is 506. The molecule has 0 unspecified atom stereocenters. The van der Waals surface area contributed by atoms with Gasteiger partial charge in [-0.3, -0.25) is 9.59 Å². The molecule has 1 aromatic rings. The van der Waals surface area contributed by atoms with E-state index in [1.807, 2.05) is 13.0 Å². The third-order valence-electron chi connectivity index (χ3n) is 3.17. The normalized spacial score (nSPS) is 10.4. The largest absolute Gasteiger partial charge is 0.481 e. The van der Waals surface area contributed by atoms with E-state index in [2.05, 4.69) is 0 Å². The average molecular weight is 332 g/mol. The van der Waals surface area contributed by atoms with Crippen molar-refractivity contribution in [3.8, 4) is 0 Å². The molecule has 0 aliphatic rings. The van der Waals surface area contributed by atoms with Gasteiger partial charge in [0.05, 0.1) is 16.5 Å². The topological polar surface area (TPSA) is 57.6 Å². The molecule has 0 aliphatic carbocycles. The second-order valence-electron chi connectivity index (χ2n) is 4.72. The summed E-state index contributed by atoms with van der Waals surface area (Å²) < 4.78 is 0. The summed E-state index contributed by atoms with van der Waals surface area (Å²) in [6.45, 7) is 2.63. The molecule has 1 aromatic carbocycles. The van der Waals surface area contributed by atoms with Crippen LogP contribution in [0.2, 0.25) is 10.0 Å². The Labute approximate surface area is 134 Å². The molecule has 0 bridgehead atoms. The van der Waals surface area contributed by atoms with Crippen molar-refractivity contribution in [3.05, 3.63) is 33.8 Å². The highest BCUT2D eigenvalue weighted by Gasteiger charge is 2.12. The molecule has 21 heavy (non-hydrogen) atoms. The number of hydrogen-bond donors (Lipinski definition) is 1. The number of hydrogen-bond acceptors (Lipinski definition) is 2. The monoisotopic (exact) mass is 331 g/mol. The predicted molar refractivity (Wildman–Crippen MR) is 83.9 cm³/mol. The zero-order valence-electron chi connectivity index (χ0n) is 11.9. The van der Waals surface area contributed by atoms with Crippen LogP contribution in [0, 0.1) is 0 Å². The minimum Gasteiger partial charge on any atom is -0.481 e. The van der Waals surface area contributed by atoms with Crippen molar-refractivity contribution in [2.45, 2.75) is 32.6 Å². The van der Waals surface area contributed by atoms with E-state index < -0.39 is 5.97 Å². The minimum atomic E-state index is -0.892. The maximum absolute atomic E-state index is 12.0. The van der Waals surface area contributed by atoms with Crippen molar-refractivity contribution in [1.29, 1.82) is 0 Å². The predicted octanol–water partition coefficient (Wildman–Crippen LogP) is 3.64. The number of aryl methyl sites for hydroxylation is 1. The van der Waals surface area contributed by atoms with Crippen molar-refractivity contribution in [2.75, 3.05) is 13.1 Å². The van der Waals surface area contributed by atoms with Crippen LogP contribution < -0.4 is 0 Å². The maximum Gasteiger partial charge on any atom is 0.305 e. The Morgan fingerprint density at radius 1 is 1.19 bits per heavy atom. The lowest BCUT2D eigenvalue weighted by Gasteiger charge is -2.19. The van der Waals surface area contributed by atoms with Crippen LogP contribution >= 0.6 is 23.2 Å². The molecule has 116 valence electrons. The Kier molecular flexibility index (Phi) is 7.54. The summed E-state index contributed by atoms with van der Waals surface area (Å²) in [5.74, 6) is -0.907. The van der Waals surface area contributed by atoms with Gasteiger partial charge in [0.2, 0.25) is 5.91 Å². The number of carboxylic acid groups (broad SMARTS) is 1. The molecule has 0 atom stereocenters. The van der Waals surface area contributed by atoms with Crippen LogP contribution in [0.4, 0.5) is 0 Å². The summed E-state index contributed by atoms with van der Waals surface area (Å²) in [6, 6.07) is 5.43. The van der Waals surface area contributed by atoms with Crippen LogP contribution in [0.5, 0.6) is 0 Å². The zero-order chi connectivity index (χ0) is 15.8. The number of carboxylic acids is 1. The number of halogens is 2. The summed E-state index contributed by atoms with van der Waals surface area (Å²) in [7, 11) is 0. The molecule has 6 heteroatoms. The van der Waals surface area contributed by atoms with Crippen LogP contribution in [0.1, 0.15) is 31.7 Å². The first-order valence-corrected chi connectivity index (χ1v) is 7.63. The molecule has 0 saturated heterocycles. The van der Waals surface area contributed by atoms with Crippen molar-refractivity contribution >= 4 is 35.1 Å². The van der Waals surface area contributed by atoms with Gasteiger partial charge < -0.3 is 10.0 Å². The van der Waals surface area contributed by atoms with Gasteiger partial charge in [-0.1, -0.05) is 29.3 Å². The highest BCUT2D eigenvalue weighted by Crippen LogP contribution is 2.23. The molecule has 1 rings (SSSR count). The Balaban J connectivity index is 2.40. The number of rotatable bonds is 8. The van der Waals surface area contributed by atoms with Gasteiger partial charge in [0.15, 0.2) is 0 Å². The SMILES string of the molecule is CCN(CCC(=O)O)C(=O)CCCc1ccc(Cl)c(Cl)c1. The lowest BCUT2D eigenvalue weighted by atomic mass is 10.1. The van der Waals surface area contributed by atoms with Crippen LogP contribution in [0.3, 0.4) is 0 Å². The molecular formula is C15H19Cl2NO3. The van der Waals surface area contributed by atoms with E-state index in [0.717, 1.165) is 12.0 Å². The maximum atomic E-state index is 12.0. The first-order chi connectivity index (χ1) is 9.93. The number of nitrogens with zero attached hydrogens (tertiary/aromatic N) is 1. The van der Waals surface area contributed by atoms with E-state index in [9.17, 15) is 9.59 Å². The molecule has 0 fully saturated rings. The van der Waals surface area contributed by atoms with Gasteiger partial charge in [-0.2, -0.15) is 0 Å². The fourth-order valence-corrected chi connectivity index (χ4v) is 2.31. The fraction of sp³-hybridized carbons (Fsp3) is 0.467. The lowest BCUT2D eigenvalue weighted by Crippen LogP contribution is -2.32. The molecular weight excluding hydrogens is 313 g/mol. The highest BCUT2D eigenvalue weighted by atomic mass is 35.5. The van der Waals surface area contributed by atoms with Crippen LogP contribution in [-0.2, 0) is 16.0 Å². The molecule has 0 saturated carbocycles. The quantitative estimate of drug-likeness (QED) is 0.791. The van der Waals surface area contributed by atoms with Gasteiger partial charge in [0, 0.05) is 19.5 Å². The standard InChI is InChI=1S/C15H19Cl2NO3/c1-2-18(9-8-15(20)21)14(19)5-3-4-11-6-7-12(16)13(17)10-11/h6-7,10H,2-5,8-9H2,1H3,(H,20,21). The third-order valence-corrected chi connectivity index (χ3v) is 3.91. The molecule has 0 radical (unpaired) electrons. The molecule has 0 spiro atoms. The summed E-state index contributed by atoms with van der Waals surface area (Å²) in [5, 5.41) is 9.68. The summed E-state index contributed by atoms with van der Waals surface area (Å²) >= 11 is 11.8. The fourth-order valence-electron chi connectivity index (χ4n) is 1.99. The molecule has 1 amide bonds. The van der Waals surface area contributed by atoms with E-state index in [1.54, 1.807) is 17.0 Å². The summed E-state index contributed by atoms with van der Waals surface area (Å²) in [5.41, 5.74) is 1.03.